The van der Waals surface area contributed by atoms with Gasteiger partial charge in [0.15, 0.2) is 6.10 Å². The molecule has 2 amide bonds. The van der Waals surface area contributed by atoms with Gasteiger partial charge in [0, 0.05) is 29.4 Å². The molecule has 2 aromatic rings. The van der Waals surface area contributed by atoms with Crippen molar-refractivity contribution in [2.24, 2.45) is 0 Å². The van der Waals surface area contributed by atoms with Crippen LogP contribution in [0.2, 0.25) is 0 Å². The van der Waals surface area contributed by atoms with Gasteiger partial charge in [-0.2, -0.15) is 0 Å². The van der Waals surface area contributed by atoms with E-state index in [9.17, 15) is 14.0 Å². The predicted octanol–water partition coefficient (Wildman–Crippen LogP) is 4.91. The van der Waals surface area contributed by atoms with Gasteiger partial charge < -0.3 is 15.0 Å². The number of anilines is 1. The second-order valence-corrected chi connectivity index (χ2v) is 8.06. The first-order chi connectivity index (χ1) is 14.5. The molecule has 1 N–H and O–H groups in total. The van der Waals surface area contributed by atoms with E-state index in [1.165, 1.54) is 24.6 Å². The molecule has 1 aliphatic carbocycles. The van der Waals surface area contributed by atoms with Crippen molar-refractivity contribution in [3.8, 4) is 5.75 Å². The molecule has 0 saturated heterocycles. The van der Waals surface area contributed by atoms with Crippen molar-refractivity contribution in [1.82, 2.24) is 4.90 Å². The summed E-state index contributed by atoms with van der Waals surface area (Å²) in [4.78, 5) is 27.6. The maximum atomic E-state index is 13.4. The van der Waals surface area contributed by atoms with Crippen molar-refractivity contribution in [2.75, 3.05) is 5.32 Å². The molecule has 0 spiro atoms. The highest BCUT2D eigenvalue weighted by Crippen LogP contribution is 2.33. The Balaban J connectivity index is 1.58. The number of rotatable bonds is 4. The molecule has 1 atom stereocenters. The molecule has 158 valence electrons. The molecule has 2 aromatic carbocycles. The highest BCUT2D eigenvalue weighted by atomic mass is 19.1. The first-order valence-electron chi connectivity index (χ1n) is 10.7. The Bertz CT molecular complexity index is 940. The van der Waals surface area contributed by atoms with Crippen LogP contribution in [0.25, 0.3) is 0 Å². The Morgan fingerprint density at radius 2 is 1.97 bits per heavy atom. The molecule has 5 nitrogen and oxygen atoms in total. The lowest BCUT2D eigenvalue weighted by Gasteiger charge is -2.34. The van der Waals surface area contributed by atoms with Gasteiger partial charge in [-0.1, -0.05) is 32.3 Å². The SMILES string of the molecule is CC[C@@H]1Oc2ccc(NC(=O)c3cccc(F)c3)cc2CN(C2CCCCC2)C1=O. The van der Waals surface area contributed by atoms with Crippen LogP contribution in [-0.4, -0.2) is 28.9 Å². The average Bonchev–Trinajstić information content (AvgIpc) is 2.90. The number of fused-ring (bicyclic) bond motifs is 1. The first-order valence-corrected chi connectivity index (χ1v) is 10.7. The minimum atomic E-state index is -0.485. The zero-order valence-electron chi connectivity index (χ0n) is 17.2. The summed E-state index contributed by atoms with van der Waals surface area (Å²) < 4.78 is 19.5. The number of carbonyl (C=O) groups is 2. The fraction of sp³-hybridized carbons (Fsp3) is 0.417. The number of carbonyl (C=O) groups excluding carboxylic acids is 2. The van der Waals surface area contributed by atoms with Gasteiger partial charge in [-0.05, 0) is 55.7 Å². The van der Waals surface area contributed by atoms with Gasteiger partial charge in [-0.25, -0.2) is 4.39 Å². The van der Waals surface area contributed by atoms with E-state index in [4.69, 9.17) is 4.74 Å². The van der Waals surface area contributed by atoms with Gasteiger partial charge in [0.25, 0.3) is 11.8 Å². The number of benzene rings is 2. The molecule has 1 fully saturated rings. The molecular weight excluding hydrogens is 383 g/mol. The van der Waals surface area contributed by atoms with Crippen LogP contribution in [0.3, 0.4) is 0 Å². The Labute approximate surface area is 176 Å². The molecule has 1 heterocycles. The number of nitrogens with one attached hydrogen (secondary N) is 1. The monoisotopic (exact) mass is 410 g/mol. The van der Waals surface area contributed by atoms with Crippen LogP contribution < -0.4 is 10.1 Å². The molecule has 0 radical (unpaired) electrons. The Kier molecular flexibility index (Phi) is 6.02. The van der Waals surface area contributed by atoms with Crippen molar-refractivity contribution in [1.29, 1.82) is 0 Å². The molecule has 0 aromatic heterocycles. The zero-order chi connectivity index (χ0) is 21.1. The lowest BCUT2D eigenvalue weighted by atomic mass is 9.93. The molecule has 1 aliphatic heterocycles. The third kappa shape index (κ3) is 4.32. The number of hydrogen-bond donors (Lipinski definition) is 1. The third-order valence-electron chi connectivity index (χ3n) is 5.96. The Hall–Kier alpha value is -2.89. The number of hydrogen-bond acceptors (Lipinski definition) is 3. The Morgan fingerprint density at radius 3 is 2.70 bits per heavy atom. The van der Waals surface area contributed by atoms with Crippen LogP contribution >= 0.6 is 0 Å². The average molecular weight is 410 g/mol. The minimum Gasteiger partial charge on any atom is -0.480 e. The normalized spacial score (nSPS) is 19.6. The molecule has 1 saturated carbocycles. The van der Waals surface area contributed by atoms with E-state index in [-0.39, 0.29) is 23.4 Å². The Morgan fingerprint density at radius 1 is 1.17 bits per heavy atom. The third-order valence-corrected chi connectivity index (χ3v) is 5.96. The molecule has 2 aliphatic rings. The lowest BCUT2D eigenvalue weighted by molar-refractivity contribution is -0.141. The van der Waals surface area contributed by atoms with Crippen LogP contribution in [-0.2, 0) is 11.3 Å². The van der Waals surface area contributed by atoms with Gasteiger partial charge in [0.05, 0.1) is 0 Å². The summed E-state index contributed by atoms with van der Waals surface area (Å²) in [5, 5.41) is 2.82. The first kappa shape index (κ1) is 20.4. The zero-order valence-corrected chi connectivity index (χ0v) is 17.2. The number of halogens is 1. The maximum Gasteiger partial charge on any atom is 0.264 e. The molecule has 0 bridgehead atoms. The second kappa shape index (κ2) is 8.86. The van der Waals surface area contributed by atoms with E-state index in [0.717, 1.165) is 31.2 Å². The molecule has 6 heteroatoms. The van der Waals surface area contributed by atoms with Crippen molar-refractivity contribution < 1.29 is 18.7 Å². The highest BCUT2D eigenvalue weighted by molar-refractivity contribution is 6.04. The summed E-state index contributed by atoms with van der Waals surface area (Å²) in [6, 6.07) is 11.2. The molecule has 30 heavy (non-hydrogen) atoms. The van der Waals surface area contributed by atoms with Crippen molar-refractivity contribution in [3.63, 3.8) is 0 Å². The van der Waals surface area contributed by atoms with E-state index >= 15 is 0 Å². The topological polar surface area (TPSA) is 58.6 Å². The summed E-state index contributed by atoms with van der Waals surface area (Å²) in [5.74, 6) is -0.107. The van der Waals surface area contributed by atoms with Crippen LogP contribution in [0.1, 0.15) is 61.4 Å². The fourth-order valence-corrected chi connectivity index (χ4v) is 4.34. The lowest BCUT2D eigenvalue weighted by Crippen LogP contribution is -2.45. The van der Waals surface area contributed by atoms with Gasteiger partial charge in [0.2, 0.25) is 0 Å². The van der Waals surface area contributed by atoms with E-state index in [2.05, 4.69) is 5.32 Å². The minimum absolute atomic E-state index is 0.0472. The summed E-state index contributed by atoms with van der Waals surface area (Å²) in [5.41, 5.74) is 1.73. The van der Waals surface area contributed by atoms with Gasteiger partial charge in [-0.15, -0.1) is 0 Å². The van der Waals surface area contributed by atoms with Crippen LogP contribution in [0.5, 0.6) is 5.75 Å². The van der Waals surface area contributed by atoms with Crippen LogP contribution in [0.15, 0.2) is 42.5 Å². The van der Waals surface area contributed by atoms with E-state index < -0.39 is 11.9 Å². The number of nitrogens with zero attached hydrogens (tertiary/aromatic N) is 1. The van der Waals surface area contributed by atoms with Gasteiger partial charge in [-0.3, -0.25) is 9.59 Å². The fourth-order valence-electron chi connectivity index (χ4n) is 4.34. The van der Waals surface area contributed by atoms with Crippen molar-refractivity contribution in [3.05, 3.63) is 59.4 Å². The summed E-state index contributed by atoms with van der Waals surface area (Å²) in [6.45, 7) is 2.43. The largest absolute Gasteiger partial charge is 0.480 e. The quantitative estimate of drug-likeness (QED) is 0.779. The van der Waals surface area contributed by atoms with Crippen LogP contribution in [0, 0.1) is 5.82 Å². The molecule has 4 rings (SSSR count). The predicted molar refractivity (Wildman–Crippen MR) is 113 cm³/mol. The number of ether oxygens (including phenoxy) is 1. The number of amides is 2. The standard InChI is InChI=1S/C24H27FN2O3/c1-2-21-24(29)27(20-9-4-3-5-10-20)15-17-14-19(11-12-22(17)30-21)26-23(28)16-7-6-8-18(25)13-16/h6-8,11-14,20-21H,2-5,9-10,15H2,1H3,(H,26,28)/t21-/m0/s1. The molecule has 0 unspecified atom stereocenters. The maximum absolute atomic E-state index is 13.4. The van der Waals surface area contributed by atoms with Crippen molar-refractivity contribution >= 4 is 17.5 Å². The van der Waals surface area contributed by atoms with Gasteiger partial charge in [0.1, 0.15) is 11.6 Å². The van der Waals surface area contributed by atoms with Crippen LogP contribution in [0.4, 0.5) is 10.1 Å². The summed E-state index contributed by atoms with van der Waals surface area (Å²) >= 11 is 0. The smallest absolute Gasteiger partial charge is 0.264 e. The second-order valence-electron chi connectivity index (χ2n) is 8.06. The van der Waals surface area contributed by atoms with E-state index in [1.54, 1.807) is 18.2 Å². The van der Waals surface area contributed by atoms with Gasteiger partial charge >= 0.3 is 0 Å². The summed E-state index contributed by atoms with van der Waals surface area (Å²) in [7, 11) is 0. The van der Waals surface area contributed by atoms with E-state index in [0.29, 0.717) is 24.4 Å². The van der Waals surface area contributed by atoms with Crippen molar-refractivity contribution in [2.45, 2.75) is 64.1 Å². The van der Waals surface area contributed by atoms with E-state index in [1.807, 2.05) is 17.9 Å². The highest BCUT2D eigenvalue weighted by Gasteiger charge is 2.34. The molecular formula is C24H27FN2O3. The summed E-state index contributed by atoms with van der Waals surface area (Å²) in [6.07, 6.45) is 5.67.